The van der Waals surface area contributed by atoms with Gasteiger partial charge in [-0.25, -0.2) is 0 Å². The molecule has 0 aromatic heterocycles. The van der Waals surface area contributed by atoms with Crippen LogP contribution >= 0.6 is 0 Å². The predicted octanol–water partition coefficient (Wildman–Crippen LogP) is 2.16. The molecule has 1 fully saturated rings. The first-order chi connectivity index (χ1) is 7.35. The first-order valence-corrected chi connectivity index (χ1v) is 5.63. The Labute approximate surface area is 90.9 Å². The molecule has 0 unspecified atom stereocenters. The van der Waals surface area contributed by atoms with E-state index in [4.69, 9.17) is 9.84 Å². The van der Waals surface area contributed by atoms with Crippen molar-refractivity contribution in [3.63, 3.8) is 0 Å². The number of aliphatic hydroxyl groups excluding tert-OH is 1. The van der Waals surface area contributed by atoms with Crippen LogP contribution < -0.4 is 0 Å². The molecule has 0 saturated carbocycles. The lowest BCUT2D eigenvalue weighted by atomic mass is 10.0. The summed E-state index contributed by atoms with van der Waals surface area (Å²) in [6.07, 6.45) is 4.43. The Balaban J connectivity index is 1.63. The second-order valence-corrected chi connectivity index (χ2v) is 4.32. The van der Waals surface area contributed by atoms with Gasteiger partial charge in [0.25, 0.3) is 0 Å². The zero-order valence-corrected chi connectivity index (χ0v) is 8.98. The van der Waals surface area contributed by atoms with E-state index in [1.54, 1.807) is 0 Å². The van der Waals surface area contributed by atoms with Crippen molar-refractivity contribution in [3.05, 3.63) is 35.9 Å². The van der Waals surface area contributed by atoms with Crippen molar-refractivity contribution in [2.75, 3.05) is 13.2 Å². The molecule has 1 aromatic rings. The summed E-state index contributed by atoms with van der Waals surface area (Å²) in [5.41, 5.74) is 1.24. The largest absolute Gasteiger partial charge is 0.393 e. The van der Waals surface area contributed by atoms with Crippen LogP contribution in [0.2, 0.25) is 0 Å². The van der Waals surface area contributed by atoms with Gasteiger partial charge in [-0.05, 0) is 24.8 Å². The molecule has 82 valence electrons. The summed E-state index contributed by atoms with van der Waals surface area (Å²) in [5, 5.41) is 9.05. The van der Waals surface area contributed by atoms with E-state index in [0.29, 0.717) is 0 Å². The van der Waals surface area contributed by atoms with Gasteiger partial charge in [-0.3, -0.25) is 0 Å². The first kappa shape index (κ1) is 10.7. The number of hydrogen-bond donors (Lipinski definition) is 1. The molecular weight excluding hydrogens is 188 g/mol. The summed E-state index contributed by atoms with van der Waals surface area (Å²) >= 11 is 0. The molecule has 2 rings (SSSR count). The minimum atomic E-state index is -0.156. The highest BCUT2D eigenvalue weighted by atomic mass is 16.6. The highest BCUT2D eigenvalue weighted by Gasteiger charge is 2.43. The number of ether oxygens (including phenoxy) is 1. The highest BCUT2D eigenvalue weighted by molar-refractivity contribution is 5.14. The molecule has 1 aliphatic heterocycles. The average molecular weight is 206 g/mol. The lowest BCUT2D eigenvalue weighted by molar-refractivity contribution is 0.162. The second-order valence-electron chi connectivity index (χ2n) is 4.32. The van der Waals surface area contributed by atoms with Crippen LogP contribution in [0.4, 0.5) is 0 Å². The topological polar surface area (TPSA) is 32.8 Å². The lowest BCUT2D eigenvalue weighted by Crippen LogP contribution is -2.16. The highest BCUT2D eigenvalue weighted by Crippen LogP contribution is 2.32. The van der Waals surface area contributed by atoms with Crippen molar-refractivity contribution in [1.82, 2.24) is 0 Å². The maximum atomic E-state index is 9.05. The van der Waals surface area contributed by atoms with Gasteiger partial charge in [0.1, 0.15) is 5.60 Å². The Hall–Kier alpha value is -0.860. The number of aliphatic hydroxyl groups is 1. The number of aryl methyl sites for hydroxylation is 1. The van der Waals surface area contributed by atoms with E-state index in [9.17, 15) is 0 Å². The number of unbranched alkanes of at least 4 members (excludes halogenated alkanes) is 1. The molecule has 2 nitrogen and oxygen atoms in total. The average Bonchev–Trinajstić information content (AvgIpc) is 3.07. The van der Waals surface area contributed by atoms with Gasteiger partial charge >= 0.3 is 0 Å². The Morgan fingerprint density at radius 1 is 1.20 bits per heavy atom. The van der Waals surface area contributed by atoms with Gasteiger partial charge in [-0.15, -0.1) is 0 Å². The van der Waals surface area contributed by atoms with Crippen LogP contribution in [0.3, 0.4) is 0 Å². The van der Waals surface area contributed by atoms with Crippen molar-refractivity contribution >= 4 is 0 Å². The van der Waals surface area contributed by atoms with E-state index >= 15 is 0 Å². The SMILES string of the molecule is OC[C@]1(CCCCc2ccccc2)CO1. The lowest BCUT2D eigenvalue weighted by Gasteiger charge is -2.07. The van der Waals surface area contributed by atoms with Gasteiger partial charge in [0.2, 0.25) is 0 Å². The third-order valence-corrected chi connectivity index (χ3v) is 3.03. The van der Waals surface area contributed by atoms with Crippen LogP contribution in [0.5, 0.6) is 0 Å². The number of epoxide rings is 1. The second kappa shape index (κ2) is 4.77. The van der Waals surface area contributed by atoms with Crippen molar-refractivity contribution < 1.29 is 9.84 Å². The van der Waals surface area contributed by atoms with Gasteiger partial charge in [-0.1, -0.05) is 36.8 Å². The van der Waals surface area contributed by atoms with E-state index in [1.807, 2.05) is 6.07 Å². The maximum absolute atomic E-state index is 9.05. The van der Waals surface area contributed by atoms with Crippen LogP contribution in [0.25, 0.3) is 0 Å². The molecular formula is C13H18O2. The van der Waals surface area contributed by atoms with Crippen molar-refractivity contribution in [1.29, 1.82) is 0 Å². The summed E-state index contributed by atoms with van der Waals surface area (Å²) in [4.78, 5) is 0. The van der Waals surface area contributed by atoms with Gasteiger partial charge < -0.3 is 9.84 Å². The van der Waals surface area contributed by atoms with E-state index < -0.39 is 0 Å². The molecule has 2 heteroatoms. The molecule has 15 heavy (non-hydrogen) atoms. The first-order valence-electron chi connectivity index (χ1n) is 5.63. The van der Waals surface area contributed by atoms with Gasteiger partial charge in [-0.2, -0.15) is 0 Å². The maximum Gasteiger partial charge on any atom is 0.115 e. The summed E-state index contributed by atoms with van der Waals surface area (Å²) in [6, 6.07) is 10.5. The quantitative estimate of drug-likeness (QED) is 0.571. The fraction of sp³-hybridized carbons (Fsp3) is 0.538. The fourth-order valence-corrected chi connectivity index (χ4v) is 1.84. The van der Waals surface area contributed by atoms with Gasteiger partial charge in [0.05, 0.1) is 13.2 Å². The minimum Gasteiger partial charge on any atom is -0.393 e. The zero-order chi connectivity index (χ0) is 10.6. The van der Waals surface area contributed by atoms with E-state index in [-0.39, 0.29) is 12.2 Å². The van der Waals surface area contributed by atoms with E-state index in [0.717, 1.165) is 25.9 Å². The summed E-state index contributed by atoms with van der Waals surface area (Å²) in [6.45, 7) is 0.924. The normalized spacial score (nSPS) is 24.1. The third kappa shape index (κ3) is 3.05. The summed E-state index contributed by atoms with van der Waals surface area (Å²) in [7, 11) is 0. The monoisotopic (exact) mass is 206 g/mol. The standard InChI is InChI=1S/C13H18O2/c14-10-13(11-15-13)9-5-4-8-12-6-2-1-3-7-12/h1-3,6-7,14H,4-5,8-11H2/t13-/m1/s1. The van der Waals surface area contributed by atoms with Crippen molar-refractivity contribution in [2.24, 2.45) is 0 Å². The Kier molecular flexibility index (Phi) is 3.39. The van der Waals surface area contributed by atoms with Crippen molar-refractivity contribution in [3.8, 4) is 0 Å². The van der Waals surface area contributed by atoms with E-state index in [2.05, 4.69) is 24.3 Å². The Morgan fingerprint density at radius 2 is 1.93 bits per heavy atom. The minimum absolute atomic E-state index is 0.156. The summed E-state index contributed by atoms with van der Waals surface area (Å²) in [5.74, 6) is 0. The molecule has 0 amide bonds. The molecule has 0 spiro atoms. The molecule has 0 aliphatic carbocycles. The van der Waals surface area contributed by atoms with Crippen LogP contribution in [-0.4, -0.2) is 23.9 Å². The Morgan fingerprint density at radius 3 is 2.53 bits per heavy atom. The number of hydrogen-bond acceptors (Lipinski definition) is 2. The zero-order valence-electron chi connectivity index (χ0n) is 8.98. The predicted molar refractivity (Wildman–Crippen MR) is 59.8 cm³/mol. The van der Waals surface area contributed by atoms with Crippen LogP contribution in [0.1, 0.15) is 24.8 Å². The van der Waals surface area contributed by atoms with Crippen LogP contribution in [-0.2, 0) is 11.2 Å². The molecule has 1 heterocycles. The molecule has 1 aliphatic rings. The molecule has 1 atom stereocenters. The molecule has 0 bridgehead atoms. The molecule has 0 radical (unpaired) electrons. The summed E-state index contributed by atoms with van der Waals surface area (Å²) < 4.78 is 5.25. The van der Waals surface area contributed by atoms with Crippen LogP contribution in [0, 0.1) is 0 Å². The van der Waals surface area contributed by atoms with E-state index in [1.165, 1.54) is 12.0 Å². The molecule has 1 aromatic carbocycles. The number of benzene rings is 1. The molecule has 1 N–H and O–H groups in total. The number of rotatable bonds is 6. The fourth-order valence-electron chi connectivity index (χ4n) is 1.84. The third-order valence-electron chi connectivity index (χ3n) is 3.03. The Bertz CT molecular complexity index is 291. The van der Waals surface area contributed by atoms with Crippen molar-refractivity contribution in [2.45, 2.75) is 31.3 Å². The van der Waals surface area contributed by atoms with Gasteiger partial charge in [0.15, 0.2) is 0 Å². The smallest absolute Gasteiger partial charge is 0.115 e. The van der Waals surface area contributed by atoms with Gasteiger partial charge in [0, 0.05) is 0 Å². The van der Waals surface area contributed by atoms with Crippen LogP contribution in [0.15, 0.2) is 30.3 Å². The molecule has 1 saturated heterocycles.